The van der Waals surface area contributed by atoms with Gasteiger partial charge in [0.25, 0.3) is 0 Å². The number of hydrogen-bond donors (Lipinski definition) is 0. The van der Waals surface area contributed by atoms with Gasteiger partial charge in [-0.3, -0.25) is 0 Å². The summed E-state index contributed by atoms with van der Waals surface area (Å²) in [5, 5.41) is 0. The Kier molecular flexibility index (Phi) is 4.86. The van der Waals surface area contributed by atoms with Gasteiger partial charge in [-0.25, -0.2) is 9.59 Å². The van der Waals surface area contributed by atoms with Gasteiger partial charge in [-0.2, -0.15) is 0 Å². The maximum absolute atomic E-state index is 12.5. The first kappa shape index (κ1) is 18.5. The fraction of sp³-hybridized carbons (Fsp3) is 0.600. The molecule has 1 aliphatic carbocycles. The average Bonchev–Trinajstić information content (AvgIpc) is 3.24. The minimum absolute atomic E-state index is 0.00256. The fourth-order valence-electron chi connectivity index (χ4n) is 3.55. The molecule has 1 aromatic carbocycles. The largest absolute Gasteiger partial charge is 0.445 e. The first-order valence-corrected chi connectivity index (χ1v) is 9.12. The van der Waals surface area contributed by atoms with Gasteiger partial charge in [-0.05, 0) is 39.2 Å². The summed E-state index contributed by atoms with van der Waals surface area (Å²) in [7, 11) is 1.76. The summed E-state index contributed by atoms with van der Waals surface area (Å²) in [5.74, 6) is 0. The van der Waals surface area contributed by atoms with Crippen molar-refractivity contribution in [3.63, 3.8) is 0 Å². The molecule has 0 radical (unpaired) electrons. The lowest BCUT2D eigenvalue weighted by atomic mass is 10.00. The van der Waals surface area contributed by atoms with Crippen LogP contribution in [0.2, 0.25) is 0 Å². The van der Waals surface area contributed by atoms with Crippen molar-refractivity contribution in [3.05, 3.63) is 35.9 Å². The van der Waals surface area contributed by atoms with Crippen LogP contribution < -0.4 is 0 Å². The van der Waals surface area contributed by atoms with Crippen LogP contribution in [0.4, 0.5) is 9.59 Å². The highest BCUT2D eigenvalue weighted by Gasteiger charge is 2.58. The lowest BCUT2D eigenvalue weighted by Gasteiger charge is -2.31. The number of benzene rings is 1. The van der Waals surface area contributed by atoms with Crippen LogP contribution in [0.15, 0.2) is 30.3 Å². The van der Waals surface area contributed by atoms with Crippen molar-refractivity contribution in [3.8, 4) is 0 Å². The summed E-state index contributed by atoms with van der Waals surface area (Å²) >= 11 is 0. The molecule has 2 amide bonds. The molecule has 3 rings (SSSR count). The summed E-state index contributed by atoms with van der Waals surface area (Å²) in [6.45, 7) is 6.95. The molecule has 0 bridgehead atoms. The monoisotopic (exact) mass is 360 g/mol. The smallest absolute Gasteiger partial charge is 0.410 e. The highest BCUT2D eigenvalue weighted by atomic mass is 16.6. The Hall–Kier alpha value is -2.24. The maximum Gasteiger partial charge on any atom is 0.410 e. The topological polar surface area (TPSA) is 59.1 Å². The summed E-state index contributed by atoms with van der Waals surface area (Å²) in [6, 6.07) is 9.60. The van der Waals surface area contributed by atoms with E-state index in [2.05, 4.69) is 0 Å². The number of ether oxygens (including phenoxy) is 2. The van der Waals surface area contributed by atoms with Crippen LogP contribution in [-0.4, -0.2) is 53.8 Å². The number of nitrogens with zero attached hydrogens (tertiary/aromatic N) is 2. The van der Waals surface area contributed by atoms with E-state index >= 15 is 0 Å². The van der Waals surface area contributed by atoms with Gasteiger partial charge in [0.2, 0.25) is 0 Å². The quantitative estimate of drug-likeness (QED) is 0.825. The van der Waals surface area contributed by atoms with E-state index in [4.69, 9.17) is 9.47 Å². The van der Waals surface area contributed by atoms with E-state index in [1.54, 1.807) is 16.8 Å². The number of hydrogen-bond acceptors (Lipinski definition) is 4. The average molecular weight is 360 g/mol. The second kappa shape index (κ2) is 6.82. The number of carbonyl (C=O) groups is 2. The van der Waals surface area contributed by atoms with Crippen LogP contribution >= 0.6 is 0 Å². The number of amides is 2. The molecule has 1 aliphatic heterocycles. The highest BCUT2D eigenvalue weighted by molar-refractivity contribution is 5.71. The summed E-state index contributed by atoms with van der Waals surface area (Å²) in [5.41, 5.74) is 0.426. The van der Waals surface area contributed by atoms with Crippen molar-refractivity contribution < 1.29 is 19.1 Å². The molecule has 0 N–H and O–H groups in total. The molecule has 6 nitrogen and oxygen atoms in total. The zero-order valence-corrected chi connectivity index (χ0v) is 16.0. The third-order valence-corrected chi connectivity index (χ3v) is 5.11. The number of carbonyl (C=O) groups excluding carboxylic acids is 2. The molecule has 1 saturated heterocycles. The van der Waals surface area contributed by atoms with Crippen molar-refractivity contribution in [2.75, 3.05) is 20.1 Å². The Morgan fingerprint density at radius 2 is 1.88 bits per heavy atom. The van der Waals surface area contributed by atoms with E-state index in [0.717, 1.165) is 18.4 Å². The molecular formula is C20H28N2O4. The molecule has 0 aromatic heterocycles. The van der Waals surface area contributed by atoms with E-state index in [9.17, 15) is 9.59 Å². The van der Waals surface area contributed by atoms with Crippen LogP contribution in [0, 0.1) is 5.41 Å². The van der Waals surface area contributed by atoms with Gasteiger partial charge < -0.3 is 19.3 Å². The first-order valence-electron chi connectivity index (χ1n) is 9.12. The predicted molar refractivity (Wildman–Crippen MR) is 97.7 cm³/mol. The van der Waals surface area contributed by atoms with Crippen molar-refractivity contribution in [2.45, 2.75) is 51.9 Å². The Bertz CT molecular complexity index is 664. The molecule has 2 aliphatic rings. The molecule has 1 aromatic rings. The molecule has 142 valence electrons. The predicted octanol–water partition coefficient (Wildman–Crippen LogP) is 3.65. The van der Waals surface area contributed by atoms with E-state index in [1.807, 2.05) is 51.1 Å². The van der Waals surface area contributed by atoms with Gasteiger partial charge in [0, 0.05) is 25.6 Å². The first-order chi connectivity index (χ1) is 12.2. The van der Waals surface area contributed by atoms with Gasteiger partial charge in [0.15, 0.2) is 0 Å². The standard InChI is InChI=1S/C20H28N2O4/c1-19(2,3)26-17(23)21(4)16-12-22(14-20(16)10-11-20)18(24)25-13-15-8-6-5-7-9-15/h5-9,16H,10-14H2,1-4H3/t16-/m1/s1. The SMILES string of the molecule is CN(C(=O)OC(C)(C)C)[C@@H]1CN(C(=O)OCc2ccccc2)CC12CC2. The molecule has 2 fully saturated rings. The van der Waals surface area contributed by atoms with Crippen molar-refractivity contribution in [1.29, 1.82) is 0 Å². The maximum atomic E-state index is 12.5. The molecule has 0 unspecified atom stereocenters. The minimum atomic E-state index is -0.533. The van der Waals surface area contributed by atoms with Crippen molar-refractivity contribution in [1.82, 2.24) is 9.80 Å². The molecule has 6 heteroatoms. The number of rotatable bonds is 3. The van der Waals surface area contributed by atoms with Crippen LogP contribution in [0.5, 0.6) is 0 Å². The van der Waals surface area contributed by atoms with Gasteiger partial charge >= 0.3 is 12.2 Å². The van der Waals surface area contributed by atoms with Crippen LogP contribution in [0.3, 0.4) is 0 Å². The summed E-state index contributed by atoms with van der Waals surface area (Å²) in [6.07, 6.45) is 1.38. The third kappa shape index (κ3) is 4.11. The van der Waals surface area contributed by atoms with Crippen molar-refractivity contribution >= 4 is 12.2 Å². The van der Waals surface area contributed by atoms with E-state index < -0.39 is 5.60 Å². The lowest BCUT2D eigenvalue weighted by Crippen LogP contribution is -2.45. The number of likely N-dealkylation sites (tertiary alicyclic amines) is 1. The Labute approximate surface area is 155 Å². The molecule has 26 heavy (non-hydrogen) atoms. The van der Waals surface area contributed by atoms with Crippen LogP contribution in [0.1, 0.15) is 39.2 Å². The normalized spacial score (nSPS) is 20.8. The zero-order chi connectivity index (χ0) is 18.9. The van der Waals surface area contributed by atoms with Gasteiger partial charge in [-0.1, -0.05) is 30.3 Å². The van der Waals surface area contributed by atoms with E-state index in [-0.39, 0.29) is 30.3 Å². The minimum Gasteiger partial charge on any atom is -0.445 e. The summed E-state index contributed by atoms with van der Waals surface area (Å²) < 4.78 is 10.9. The Balaban J connectivity index is 1.59. The van der Waals surface area contributed by atoms with E-state index in [0.29, 0.717) is 13.1 Å². The van der Waals surface area contributed by atoms with Crippen LogP contribution in [0.25, 0.3) is 0 Å². The second-order valence-electron chi connectivity index (χ2n) is 8.39. The molecule has 1 atom stereocenters. The highest BCUT2D eigenvalue weighted by Crippen LogP contribution is 2.54. The molecule has 1 heterocycles. The molecular weight excluding hydrogens is 332 g/mol. The summed E-state index contributed by atoms with van der Waals surface area (Å²) in [4.78, 5) is 28.3. The third-order valence-electron chi connectivity index (χ3n) is 5.11. The Morgan fingerprint density at radius 3 is 2.46 bits per heavy atom. The zero-order valence-electron chi connectivity index (χ0n) is 16.0. The van der Waals surface area contributed by atoms with Gasteiger partial charge in [0.1, 0.15) is 12.2 Å². The fourth-order valence-corrected chi connectivity index (χ4v) is 3.55. The number of likely N-dealkylation sites (N-methyl/N-ethyl adjacent to an activating group) is 1. The lowest BCUT2D eigenvalue weighted by molar-refractivity contribution is 0.0183. The molecule has 1 spiro atoms. The van der Waals surface area contributed by atoms with Crippen LogP contribution in [-0.2, 0) is 16.1 Å². The Morgan fingerprint density at radius 1 is 1.23 bits per heavy atom. The van der Waals surface area contributed by atoms with Crippen molar-refractivity contribution in [2.24, 2.45) is 5.41 Å². The molecule has 1 saturated carbocycles. The van der Waals surface area contributed by atoms with Gasteiger partial charge in [-0.15, -0.1) is 0 Å². The van der Waals surface area contributed by atoms with E-state index in [1.165, 1.54) is 0 Å². The second-order valence-corrected chi connectivity index (χ2v) is 8.39. The van der Waals surface area contributed by atoms with Gasteiger partial charge in [0.05, 0.1) is 6.04 Å².